The highest BCUT2D eigenvalue weighted by Crippen LogP contribution is 2.18. The fraction of sp³-hybridized carbons (Fsp3) is 0.750. The maximum Gasteiger partial charge on any atom is 0.420 e. The summed E-state index contributed by atoms with van der Waals surface area (Å²) in [5, 5.41) is 9.51. The van der Waals surface area contributed by atoms with E-state index in [9.17, 15) is 14.7 Å². The van der Waals surface area contributed by atoms with Crippen molar-refractivity contribution in [3.8, 4) is 12.3 Å². The molecule has 0 saturated carbocycles. The lowest BCUT2D eigenvalue weighted by Crippen LogP contribution is -2.49. The molecule has 0 aromatic rings. The van der Waals surface area contributed by atoms with Crippen LogP contribution in [-0.4, -0.2) is 45.5 Å². The van der Waals surface area contributed by atoms with E-state index in [0.29, 0.717) is 0 Å². The number of amides is 2. The molecule has 126 valence electrons. The number of rotatable bonds is 3. The smallest absolute Gasteiger partial charge is 0.420 e. The number of ether oxygens (including phenoxy) is 2. The predicted molar refractivity (Wildman–Crippen MR) is 83.2 cm³/mol. The van der Waals surface area contributed by atoms with Gasteiger partial charge in [-0.05, 0) is 48.5 Å². The van der Waals surface area contributed by atoms with E-state index in [1.807, 2.05) is 0 Å². The Kier molecular flexibility index (Phi) is 6.91. The van der Waals surface area contributed by atoms with Crippen molar-refractivity contribution in [2.24, 2.45) is 0 Å². The molecule has 2 atom stereocenters. The standard InChI is InChI=1S/C16H27NO5/c1-9-12(10-11(2)18)17(13(19)21-15(3,4)5)14(20)22-16(6,7)8/h1,11-12,18H,10H2,2-8H3/t11-,12+/m1/s1. The van der Waals surface area contributed by atoms with Gasteiger partial charge in [0.15, 0.2) is 0 Å². The molecule has 0 aromatic heterocycles. The van der Waals surface area contributed by atoms with Crippen molar-refractivity contribution in [2.75, 3.05) is 0 Å². The first-order valence-electron chi connectivity index (χ1n) is 7.16. The first-order chi connectivity index (χ1) is 9.76. The van der Waals surface area contributed by atoms with Crippen LogP contribution in [0.1, 0.15) is 54.9 Å². The molecular formula is C16H27NO5. The van der Waals surface area contributed by atoms with Crippen molar-refractivity contribution in [1.82, 2.24) is 4.90 Å². The van der Waals surface area contributed by atoms with Crippen molar-refractivity contribution in [3.63, 3.8) is 0 Å². The second-order valence-electron chi connectivity index (χ2n) is 7.10. The molecule has 1 N–H and O–H groups in total. The first kappa shape index (κ1) is 20.3. The molecule has 6 heteroatoms. The van der Waals surface area contributed by atoms with E-state index in [0.717, 1.165) is 4.90 Å². The summed E-state index contributed by atoms with van der Waals surface area (Å²) < 4.78 is 10.4. The third kappa shape index (κ3) is 7.89. The number of aliphatic hydroxyl groups excluding tert-OH is 1. The normalized spacial score (nSPS) is 14.5. The summed E-state index contributed by atoms with van der Waals surface area (Å²) in [5.41, 5.74) is -1.58. The molecule has 0 aliphatic heterocycles. The number of carbonyl (C=O) groups excluding carboxylic acids is 2. The second kappa shape index (κ2) is 7.50. The van der Waals surface area contributed by atoms with Gasteiger partial charge in [-0.15, -0.1) is 6.42 Å². The van der Waals surface area contributed by atoms with E-state index in [-0.39, 0.29) is 6.42 Å². The van der Waals surface area contributed by atoms with Crippen LogP contribution in [-0.2, 0) is 9.47 Å². The lowest BCUT2D eigenvalue weighted by Gasteiger charge is -2.31. The summed E-state index contributed by atoms with van der Waals surface area (Å²) in [7, 11) is 0. The monoisotopic (exact) mass is 313 g/mol. The van der Waals surface area contributed by atoms with Crippen LogP contribution in [0, 0.1) is 12.3 Å². The number of nitrogens with zero attached hydrogens (tertiary/aromatic N) is 1. The van der Waals surface area contributed by atoms with Crippen molar-refractivity contribution in [1.29, 1.82) is 0 Å². The van der Waals surface area contributed by atoms with Crippen molar-refractivity contribution < 1.29 is 24.2 Å². The third-order valence-corrected chi connectivity index (χ3v) is 2.25. The molecule has 0 aromatic carbocycles. The molecule has 2 amide bonds. The Labute approximate surface area is 132 Å². The van der Waals surface area contributed by atoms with Crippen LogP contribution in [0.3, 0.4) is 0 Å². The Morgan fingerprint density at radius 2 is 1.45 bits per heavy atom. The van der Waals surface area contributed by atoms with Crippen molar-refractivity contribution >= 4 is 12.2 Å². The summed E-state index contributed by atoms with van der Waals surface area (Å²) in [4.78, 5) is 25.3. The van der Waals surface area contributed by atoms with Gasteiger partial charge >= 0.3 is 12.2 Å². The van der Waals surface area contributed by atoms with E-state index in [4.69, 9.17) is 15.9 Å². The highest BCUT2D eigenvalue weighted by atomic mass is 16.6. The van der Waals surface area contributed by atoms with Crippen LogP contribution in [0.4, 0.5) is 9.59 Å². The van der Waals surface area contributed by atoms with E-state index in [2.05, 4.69) is 5.92 Å². The lowest BCUT2D eigenvalue weighted by atomic mass is 10.1. The minimum Gasteiger partial charge on any atom is -0.443 e. The number of hydrogen-bond donors (Lipinski definition) is 1. The zero-order valence-corrected chi connectivity index (χ0v) is 14.5. The summed E-state index contributed by atoms with van der Waals surface area (Å²) >= 11 is 0. The number of aliphatic hydroxyl groups is 1. The molecule has 0 aliphatic carbocycles. The van der Waals surface area contributed by atoms with Gasteiger partial charge in [0, 0.05) is 6.42 Å². The predicted octanol–water partition coefficient (Wildman–Crippen LogP) is 2.93. The van der Waals surface area contributed by atoms with E-state index >= 15 is 0 Å². The molecular weight excluding hydrogens is 286 g/mol. The summed E-state index contributed by atoms with van der Waals surface area (Å²) in [5.74, 6) is 2.33. The average molecular weight is 313 g/mol. The van der Waals surface area contributed by atoms with Gasteiger partial charge in [-0.1, -0.05) is 5.92 Å². The molecule has 0 fully saturated rings. The molecule has 0 aliphatic rings. The minimum absolute atomic E-state index is 0.0367. The van der Waals surface area contributed by atoms with Crippen LogP contribution in [0.5, 0.6) is 0 Å². The van der Waals surface area contributed by atoms with Gasteiger partial charge in [0.25, 0.3) is 0 Å². The van der Waals surface area contributed by atoms with Gasteiger partial charge in [0.1, 0.15) is 17.2 Å². The Morgan fingerprint density at radius 3 is 1.68 bits per heavy atom. The summed E-state index contributed by atoms with van der Waals surface area (Å²) in [6, 6.07) is -0.954. The van der Waals surface area contributed by atoms with Gasteiger partial charge in [0.05, 0.1) is 6.10 Å². The number of carbonyl (C=O) groups is 2. The highest BCUT2D eigenvalue weighted by molar-refractivity contribution is 5.89. The van der Waals surface area contributed by atoms with Gasteiger partial charge in [0.2, 0.25) is 0 Å². The quantitative estimate of drug-likeness (QED) is 0.811. The molecule has 0 rings (SSSR count). The fourth-order valence-corrected chi connectivity index (χ4v) is 1.52. The highest BCUT2D eigenvalue weighted by Gasteiger charge is 2.36. The second-order valence-corrected chi connectivity index (χ2v) is 7.10. The minimum atomic E-state index is -0.954. The van der Waals surface area contributed by atoms with Crippen LogP contribution in [0.15, 0.2) is 0 Å². The molecule has 0 bridgehead atoms. The maximum atomic E-state index is 12.3. The number of hydrogen-bond acceptors (Lipinski definition) is 5. The summed E-state index contributed by atoms with van der Waals surface area (Å²) in [6.07, 6.45) is 2.86. The molecule has 0 saturated heterocycles. The SMILES string of the molecule is C#C[C@@H](C[C@@H](C)O)N(C(=O)OC(C)(C)C)C(=O)OC(C)(C)C. The number of terminal acetylenes is 1. The molecule has 0 radical (unpaired) electrons. The van der Waals surface area contributed by atoms with Gasteiger partial charge < -0.3 is 14.6 Å². The van der Waals surface area contributed by atoms with Crippen LogP contribution >= 0.6 is 0 Å². The average Bonchev–Trinajstić information content (AvgIpc) is 2.21. The van der Waals surface area contributed by atoms with Crippen LogP contribution < -0.4 is 0 Å². The topological polar surface area (TPSA) is 76.1 Å². The van der Waals surface area contributed by atoms with Gasteiger partial charge in [-0.3, -0.25) is 0 Å². The van der Waals surface area contributed by atoms with Crippen molar-refractivity contribution in [3.05, 3.63) is 0 Å². The fourth-order valence-electron chi connectivity index (χ4n) is 1.52. The van der Waals surface area contributed by atoms with Gasteiger partial charge in [-0.2, -0.15) is 4.90 Å². The molecule has 0 heterocycles. The van der Waals surface area contributed by atoms with Gasteiger partial charge in [-0.25, -0.2) is 9.59 Å². The first-order valence-corrected chi connectivity index (χ1v) is 7.16. The number of imide groups is 1. The zero-order valence-electron chi connectivity index (χ0n) is 14.5. The Bertz CT molecular complexity index is 409. The molecule has 6 nitrogen and oxygen atoms in total. The molecule has 0 unspecified atom stereocenters. The van der Waals surface area contributed by atoms with Crippen LogP contribution in [0.25, 0.3) is 0 Å². The van der Waals surface area contributed by atoms with E-state index in [1.54, 1.807) is 41.5 Å². The third-order valence-electron chi connectivity index (χ3n) is 2.25. The molecule has 22 heavy (non-hydrogen) atoms. The summed E-state index contributed by atoms with van der Waals surface area (Å²) in [6.45, 7) is 11.6. The Morgan fingerprint density at radius 1 is 1.09 bits per heavy atom. The zero-order chi connectivity index (χ0) is 17.7. The Hall–Kier alpha value is -1.74. The maximum absolute atomic E-state index is 12.3. The van der Waals surface area contributed by atoms with E-state index in [1.165, 1.54) is 6.92 Å². The Balaban J connectivity index is 5.43. The van der Waals surface area contributed by atoms with Crippen LogP contribution in [0.2, 0.25) is 0 Å². The lowest BCUT2D eigenvalue weighted by molar-refractivity contribution is -0.00594. The largest absolute Gasteiger partial charge is 0.443 e. The van der Waals surface area contributed by atoms with Crippen molar-refractivity contribution in [2.45, 2.75) is 78.2 Å². The molecule has 0 spiro atoms. The van der Waals surface area contributed by atoms with E-state index < -0.39 is 35.5 Å².